The summed E-state index contributed by atoms with van der Waals surface area (Å²) in [6.07, 6.45) is 1.12. The summed E-state index contributed by atoms with van der Waals surface area (Å²) in [5.41, 5.74) is 1.12. The molecule has 4 heteroatoms. The minimum atomic E-state index is 0.554. The standard InChI is InChI=1S/C15H26N2O2/c1-12(2)17-10-6-9-16-11-13-7-5-8-14(18-3)15(13)19-4/h5,7-8,12,16-17H,6,9-11H2,1-4H3. The van der Waals surface area contributed by atoms with Crippen LogP contribution >= 0.6 is 0 Å². The van der Waals surface area contributed by atoms with Gasteiger partial charge in [-0.25, -0.2) is 0 Å². The normalized spacial score (nSPS) is 10.8. The maximum absolute atomic E-state index is 5.40. The third kappa shape index (κ3) is 5.49. The Morgan fingerprint density at radius 1 is 1.11 bits per heavy atom. The number of hydrogen-bond acceptors (Lipinski definition) is 4. The number of hydrogen-bond donors (Lipinski definition) is 2. The summed E-state index contributed by atoms with van der Waals surface area (Å²) in [7, 11) is 3.33. The van der Waals surface area contributed by atoms with Gasteiger partial charge in [0, 0.05) is 18.2 Å². The van der Waals surface area contributed by atoms with Crippen molar-refractivity contribution in [2.75, 3.05) is 27.3 Å². The first kappa shape index (κ1) is 15.8. The fourth-order valence-corrected chi connectivity index (χ4v) is 1.92. The minimum Gasteiger partial charge on any atom is -0.493 e. The molecule has 1 rings (SSSR count). The Balaban J connectivity index is 2.37. The van der Waals surface area contributed by atoms with E-state index in [1.165, 1.54) is 0 Å². The Hall–Kier alpha value is -1.26. The van der Waals surface area contributed by atoms with Crippen LogP contribution in [-0.2, 0) is 6.54 Å². The molecule has 0 radical (unpaired) electrons. The average molecular weight is 266 g/mol. The number of nitrogens with one attached hydrogen (secondary N) is 2. The van der Waals surface area contributed by atoms with Gasteiger partial charge in [-0.05, 0) is 25.6 Å². The molecule has 0 spiro atoms. The lowest BCUT2D eigenvalue weighted by atomic mass is 10.2. The van der Waals surface area contributed by atoms with Crippen LogP contribution in [0.1, 0.15) is 25.8 Å². The van der Waals surface area contributed by atoms with Crippen LogP contribution in [0.4, 0.5) is 0 Å². The van der Waals surface area contributed by atoms with E-state index >= 15 is 0 Å². The molecular weight excluding hydrogens is 240 g/mol. The van der Waals surface area contributed by atoms with Crippen LogP contribution in [0.2, 0.25) is 0 Å². The average Bonchev–Trinajstić information content (AvgIpc) is 2.41. The van der Waals surface area contributed by atoms with E-state index in [0.717, 1.165) is 43.1 Å². The molecular formula is C15H26N2O2. The summed E-state index contributed by atoms with van der Waals surface area (Å²) in [4.78, 5) is 0. The molecule has 1 aromatic rings. The van der Waals surface area contributed by atoms with Gasteiger partial charge < -0.3 is 20.1 Å². The highest BCUT2D eigenvalue weighted by molar-refractivity contribution is 5.46. The van der Waals surface area contributed by atoms with E-state index < -0.39 is 0 Å². The van der Waals surface area contributed by atoms with Gasteiger partial charge in [0.2, 0.25) is 0 Å². The number of para-hydroxylation sites is 1. The Morgan fingerprint density at radius 2 is 1.89 bits per heavy atom. The first-order valence-electron chi connectivity index (χ1n) is 6.83. The lowest BCUT2D eigenvalue weighted by Crippen LogP contribution is -2.26. The molecule has 0 saturated carbocycles. The van der Waals surface area contributed by atoms with Crippen LogP contribution in [0.15, 0.2) is 18.2 Å². The molecule has 0 aliphatic heterocycles. The fourth-order valence-electron chi connectivity index (χ4n) is 1.92. The van der Waals surface area contributed by atoms with E-state index in [1.54, 1.807) is 14.2 Å². The number of benzene rings is 1. The second kappa shape index (κ2) is 8.77. The molecule has 0 fully saturated rings. The van der Waals surface area contributed by atoms with Gasteiger partial charge in [0.05, 0.1) is 14.2 Å². The number of rotatable bonds is 9. The largest absolute Gasteiger partial charge is 0.493 e. The van der Waals surface area contributed by atoms with Crippen molar-refractivity contribution in [2.24, 2.45) is 0 Å². The maximum atomic E-state index is 5.40. The molecule has 0 aliphatic carbocycles. The van der Waals surface area contributed by atoms with Crippen LogP contribution in [0, 0.1) is 0 Å². The van der Waals surface area contributed by atoms with Gasteiger partial charge in [0.1, 0.15) is 0 Å². The molecule has 0 amide bonds. The minimum absolute atomic E-state index is 0.554. The van der Waals surface area contributed by atoms with Gasteiger partial charge in [-0.2, -0.15) is 0 Å². The van der Waals surface area contributed by atoms with Gasteiger partial charge in [-0.1, -0.05) is 26.0 Å². The molecule has 2 N–H and O–H groups in total. The predicted octanol–water partition coefficient (Wildman–Crippen LogP) is 2.18. The number of ether oxygens (including phenoxy) is 2. The van der Waals surface area contributed by atoms with Crippen molar-refractivity contribution in [2.45, 2.75) is 32.9 Å². The van der Waals surface area contributed by atoms with Crippen molar-refractivity contribution in [1.82, 2.24) is 10.6 Å². The summed E-state index contributed by atoms with van der Waals surface area (Å²) < 4.78 is 10.7. The van der Waals surface area contributed by atoms with Gasteiger partial charge in [-0.3, -0.25) is 0 Å². The molecule has 0 aliphatic rings. The molecule has 108 valence electrons. The molecule has 4 nitrogen and oxygen atoms in total. The lowest BCUT2D eigenvalue weighted by molar-refractivity contribution is 0.350. The van der Waals surface area contributed by atoms with E-state index in [1.807, 2.05) is 12.1 Å². The van der Waals surface area contributed by atoms with E-state index in [4.69, 9.17) is 9.47 Å². The quantitative estimate of drug-likeness (QED) is 0.672. The van der Waals surface area contributed by atoms with E-state index in [0.29, 0.717) is 6.04 Å². The van der Waals surface area contributed by atoms with Crippen molar-refractivity contribution in [3.8, 4) is 11.5 Å². The molecule has 0 heterocycles. The van der Waals surface area contributed by atoms with Crippen molar-refractivity contribution in [3.05, 3.63) is 23.8 Å². The SMILES string of the molecule is COc1cccc(CNCCCNC(C)C)c1OC. The fraction of sp³-hybridized carbons (Fsp3) is 0.600. The summed E-state index contributed by atoms with van der Waals surface area (Å²) in [6, 6.07) is 6.51. The molecule has 0 bridgehead atoms. The van der Waals surface area contributed by atoms with E-state index in [9.17, 15) is 0 Å². The zero-order valence-electron chi connectivity index (χ0n) is 12.5. The highest BCUT2D eigenvalue weighted by Crippen LogP contribution is 2.30. The van der Waals surface area contributed by atoms with Crippen LogP contribution in [0.5, 0.6) is 11.5 Å². The summed E-state index contributed by atoms with van der Waals surface area (Å²) in [6.45, 7) is 7.14. The monoisotopic (exact) mass is 266 g/mol. The molecule has 0 atom stereocenters. The Morgan fingerprint density at radius 3 is 2.53 bits per heavy atom. The molecule has 0 saturated heterocycles. The van der Waals surface area contributed by atoms with Gasteiger partial charge in [0.25, 0.3) is 0 Å². The zero-order chi connectivity index (χ0) is 14.1. The molecule has 1 aromatic carbocycles. The van der Waals surface area contributed by atoms with E-state index in [-0.39, 0.29) is 0 Å². The highest BCUT2D eigenvalue weighted by atomic mass is 16.5. The van der Waals surface area contributed by atoms with Crippen LogP contribution < -0.4 is 20.1 Å². The molecule has 0 unspecified atom stereocenters. The maximum Gasteiger partial charge on any atom is 0.165 e. The molecule has 0 aromatic heterocycles. The second-order valence-corrected chi connectivity index (χ2v) is 4.79. The smallest absolute Gasteiger partial charge is 0.165 e. The summed E-state index contributed by atoms with van der Waals surface area (Å²) in [5, 5.41) is 6.83. The number of methoxy groups -OCH3 is 2. The highest BCUT2D eigenvalue weighted by Gasteiger charge is 2.08. The summed E-state index contributed by atoms with van der Waals surface area (Å²) in [5.74, 6) is 1.60. The van der Waals surface area contributed by atoms with Gasteiger partial charge >= 0.3 is 0 Å². The predicted molar refractivity (Wildman–Crippen MR) is 79.0 cm³/mol. The Kier molecular flexibility index (Phi) is 7.30. The van der Waals surface area contributed by atoms with Crippen molar-refractivity contribution in [1.29, 1.82) is 0 Å². The zero-order valence-corrected chi connectivity index (χ0v) is 12.5. The van der Waals surface area contributed by atoms with Crippen molar-refractivity contribution >= 4 is 0 Å². The van der Waals surface area contributed by atoms with Crippen LogP contribution in [0.3, 0.4) is 0 Å². The van der Waals surface area contributed by atoms with Crippen molar-refractivity contribution in [3.63, 3.8) is 0 Å². The van der Waals surface area contributed by atoms with E-state index in [2.05, 4.69) is 30.5 Å². The molecule has 19 heavy (non-hydrogen) atoms. The third-order valence-corrected chi connectivity index (χ3v) is 2.88. The Bertz CT molecular complexity index is 367. The van der Waals surface area contributed by atoms with Crippen LogP contribution in [-0.4, -0.2) is 33.4 Å². The first-order chi connectivity index (χ1) is 9.19. The first-order valence-corrected chi connectivity index (χ1v) is 6.83. The lowest BCUT2D eigenvalue weighted by Gasteiger charge is -2.13. The van der Waals surface area contributed by atoms with Gasteiger partial charge in [0.15, 0.2) is 11.5 Å². The van der Waals surface area contributed by atoms with Gasteiger partial charge in [-0.15, -0.1) is 0 Å². The third-order valence-electron chi connectivity index (χ3n) is 2.88. The summed E-state index contributed by atoms with van der Waals surface area (Å²) >= 11 is 0. The second-order valence-electron chi connectivity index (χ2n) is 4.79. The van der Waals surface area contributed by atoms with Crippen LogP contribution in [0.25, 0.3) is 0 Å². The topological polar surface area (TPSA) is 42.5 Å². The van der Waals surface area contributed by atoms with Crippen molar-refractivity contribution < 1.29 is 9.47 Å². The Labute approximate surface area is 116 Å².